The Kier molecular flexibility index (Phi) is 11.3. The van der Waals surface area contributed by atoms with Crippen molar-refractivity contribution in [2.45, 2.75) is 30.2 Å². The maximum absolute atomic E-state index is 12.7. The number of benzene rings is 1. The third kappa shape index (κ3) is 9.52. The minimum absolute atomic E-state index is 0. The van der Waals surface area contributed by atoms with Gasteiger partial charge in [-0.15, -0.1) is 12.4 Å². The number of aliphatic carboxylic acids is 1. The van der Waals surface area contributed by atoms with Crippen LogP contribution >= 0.6 is 24.0 Å². The number of carbonyl (C=O) groups excluding carboxylic acids is 1. The molecular formula is C19H23Cl2N3O6S. The molecule has 170 valence electrons. The van der Waals surface area contributed by atoms with Gasteiger partial charge in [-0.05, 0) is 49.2 Å². The number of ether oxygens (including phenoxy) is 1. The molecule has 1 atom stereocenters. The first-order valence-electron chi connectivity index (χ1n) is 9.08. The molecule has 1 aromatic carbocycles. The molecule has 0 radical (unpaired) electrons. The SMILES string of the molecule is Cl.O=C(O)CCCCNC(=O)[C@H](COc1cccnc1)NS(=O)(=O)c1ccc(Cl)cc1. The van der Waals surface area contributed by atoms with Crippen molar-refractivity contribution >= 4 is 45.9 Å². The number of carbonyl (C=O) groups is 2. The first kappa shape index (κ1) is 26.6. The molecule has 2 rings (SSSR count). The Bertz CT molecular complexity index is 943. The summed E-state index contributed by atoms with van der Waals surface area (Å²) in [5.74, 6) is -1.13. The molecule has 0 aliphatic heterocycles. The number of nitrogens with zero attached hydrogens (tertiary/aromatic N) is 1. The Labute approximate surface area is 191 Å². The Hall–Kier alpha value is -2.40. The number of carboxylic acids is 1. The van der Waals surface area contributed by atoms with E-state index in [1.54, 1.807) is 18.3 Å². The van der Waals surface area contributed by atoms with E-state index in [1.165, 1.54) is 30.5 Å². The number of nitrogens with one attached hydrogen (secondary N) is 2. The topological polar surface area (TPSA) is 135 Å². The van der Waals surface area contributed by atoms with Crippen LogP contribution in [0.2, 0.25) is 5.02 Å². The lowest BCUT2D eigenvalue weighted by atomic mass is 10.2. The predicted octanol–water partition coefficient (Wildman–Crippen LogP) is 2.25. The largest absolute Gasteiger partial charge is 0.490 e. The van der Waals surface area contributed by atoms with Crippen LogP contribution in [0.5, 0.6) is 5.75 Å². The standard InChI is InChI=1S/C19H22ClN3O6S.ClH/c20-14-6-8-16(9-7-14)30(27,28)23-17(13-29-15-4-3-10-21-12-15)19(26)22-11-2-1-5-18(24)25;/h3-4,6-10,12,17,23H,1-2,5,11,13H2,(H,22,26)(H,24,25);1H/t17-;/m0./s1. The van der Waals surface area contributed by atoms with Crippen molar-refractivity contribution < 1.29 is 27.9 Å². The number of pyridine rings is 1. The number of amides is 1. The minimum atomic E-state index is -4.01. The first-order valence-corrected chi connectivity index (χ1v) is 10.9. The molecule has 3 N–H and O–H groups in total. The van der Waals surface area contributed by atoms with Crippen LogP contribution in [0.4, 0.5) is 0 Å². The summed E-state index contributed by atoms with van der Waals surface area (Å²) in [6, 6.07) is 7.57. The van der Waals surface area contributed by atoms with Gasteiger partial charge in [0.1, 0.15) is 18.4 Å². The highest BCUT2D eigenvalue weighted by Crippen LogP contribution is 2.15. The molecule has 0 fully saturated rings. The van der Waals surface area contributed by atoms with Crippen molar-refractivity contribution in [1.29, 1.82) is 0 Å². The van der Waals surface area contributed by atoms with Crippen LogP contribution in [0.3, 0.4) is 0 Å². The van der Waals surface area contributed by atoms with Crippen molar-refractivity contribution in [3.8, 4) is 5.75 Å². The van der Waals surface area contributed by atoms with E-state index in [1.807, 2.05) is 0 Å². The molecule has 1 amide bonds. The number of aromatic nitrogens is 1. The highest BCUT2D eigenvalue weighted by atomic mass is 35.5. The molecule has 0 saturated heterocycles. The van der Waals surface area contributed by atoms with Crippen molar-refractivity contribution in [2.24, 2.45) is 0 Å². The Morgan fingerprint density at radius 2 is 1.87 bits per heavy atom. The van der Waals surface area contributed by atoms with Crippen LogP contribution in [0.25, 0.3) is 0 Å². The summed E-state index contributed by atoms with van der Waals surface area (Å²) in [5.41, 5.74) is 0. The molecule has 0 bridgehead atoms. The average Bonchev–Trinajstić information content (AvgIpc) is 2.71. The summed E-state index contributed by atoms with van der Waals surface area (Å²) in [7, 11) is -4.01. The highest BCUT2D eigenvalue weighted by Gasteiger charge is 2.26. The molecule has 0 unspecified atom stereocenters. The molecule has 0 spiro atoms. The van der Waals surface area contributed by atoms with Crippen molar-refractivity contribution in [3.63, 3.8) is 0 Å². The van der Waals surface area contributed by atoms with E-state index in [0.29, 0.717) is 23.6 Å². The van der Waals surface area contributed by atoms with Gasteiger partial charge in [0, 0.05) is 24.2 Å². The summed E-state index contributed by atoms with van der Waals surface area (Å²) in [4.78, 5) is 26.9. The van der Waals surface area contributed by atoms with Gasteiger partial charge in [-0.25, -0.2) is 8.42 Å². The second kappa shape index (κ2) is 13.1. The lowest BCUT2D eigenvalue weighted by molar-refractivity contribution is -0.137. The zero-order valence-electron chi connectivity index (χ0n) is 16.4. The number of unbranched alkanes of at least 4 members (excludes halogenated alkanes) is 1. The Morgan fingerprint density at radius 3 is 2.48 bits per heavy atom. The van der Waals surface area contributed by atoms with Gasteiger partial charge in [0.15, 0.2) is 0 Å². The third-order valence-corrected chi connectivity index (χ3v) is 5.65. The maximum atomic E-state index is 12.7. The summed E-state index contributed by atoms with van der Waals surface area (Å²) in [6.07, 6.45) is 3.82. The second-order valence-corrected chi connectivity index (χ2v) is 8.42. The highest BCUT2D eigenvalue weighted by molar-refractivity contribution is 7.89. The normalized spacial score (nSPS) is 11.8. The van der Waals surface area contributed by atoms with E-state index in [9.17, 15) is 18.0 Å². The van der Waals surface area contributed by atoms with Gasteiger partial charge >= 0.3 is 5.97 Å². The van der Waals surface area contributed by atoms with Gasteiger partial charge in [0.25, 0.3) is 0 Å². The van der Waals surface area contributed by atoms with E-state index in [2.05, 4.69) is 15.0 Å². The first-order chi connectivity index (χ1) is 14.3. The molecule has 1 aromatic heterocycles. The fraction of sp³-hybridized carbons (Fsp3) is 0.316. The number of hydrogen-bond donors (Lipinski definition) is 3. The van der Waals surface area contributed by atoms with E-state index in [0.717, 1.165) is 0 Å². The van der Waals surface area contributed by atoms with Crippen molar-refractivity contribution in [1.82, 2.24) is 15.0 Å². The molecular weight excluding hydrogens is 469 g/mol. The van der Waals surface area contributed by atoms with Crippen LogP contribution in [-0.2, 0) is 19.6 Å². The quantitative estimate of drug-likeness (QED) is 0.387. The smallest absolute Gasteiger partial charge is 0.303 e. The summed E-state index contributed by atoms with van der Waals surface area (Å²) < 4.78 is 33.1. The second-order valence-electron chi connectivity index (χ2n) is 6.27. The van der Waals surface area contributed by atoms with Crippen molar-refractivity contribution in [2.75, 3.05) is 13.2 Å². The summed E-state index contributed by atoms with van der Waals surface area (Å²) in [6.45, 7) is -0.0579. The molecule has 31 heavy (non-hydrogen) atoms. The van der Waals surface area contributed by atoms with Gasteiger partial charge < -0.3 is 15.2 Å². The van der Waals surface area contributed by atoms with Crippen LogP contribution in [0, 0.1) is 0 Å². The molecule has 9 nitrogen and oxygen atoms in total. The summed E-state index contributed by atoms with van der Waals surface area (Å²) >= 11 is 5.80. The van der Waals surface area contributed by atoms with Gasteiger partial charge in [0.2, 0.25) is 15.9 Å². The predicted molar refractivity (Wildman–Crippen MR) is 117 cm³/mol. The zero-order chi connectivity index (χ0) is 22.0. The molecule has 0 aliphatic carbocycles. The lowest BCUT2D eigenvalue weighted by Crippen LogP contribution is -2.50. The zero-order valence-corrected chi connectivity index (χ0v) is 18.8. The monoisotopic (exact) mass is 491 g/mol. The maximum Gasteiger partial charge on any atom is 0.303 e. The summed E-state index contributed by atoms with van der Waals surface area (Å²) in [5, 5.41) is 11.6. The van der Waals surface area contributed by atoms with E-state index >= 15 is 0 Å². The fourth-order valence-corrected chi connectivity index (χ4v) is 3.69. The van der Waals surface area contributed by atoms with Gasteiger partial charge in [0.05, 0.1) is 11.1 Å². The van der Waals surface area contributed by atoms with Gasteiger partial charge in [-0.3, -0.25) is 14.6 Å². The number of hydrogen-bond acceptors (Lipinski definition) is 6. The number of rotatable bonds is 12. The van der Waals surface area contributed by atoms with Gasteiger partial charge in [-0.1, -0.05) is 11.6 Å². The van der Waals surface area contributed by atoms with Crippen LogP contribution in [0.15, 0.2) is 53.7 Å². The van der Waals surface area contributed by atoms with Gasteiger partial charge in [-0.2, -0.15) is 4.72 Å². The Morgan fingerprint density at radius 1 is 1.16 bits per heavy atom. The average molecular weight is 492 g/mol. The number of halogens is 2. The van der Waals surface area contributed by atoms with E-state index in [4.69, 9.17) is 21.4 Å². The van der Waals surface area contributed by atoms with Crippen LogP contribution < -0.4 is 14.8 Å². The van der Waals surface area contributed by atoms with E-state index in [-0.39, 0.29) is 36.9 Å². The van der Waals surface area contributed by atoms with Crippen LogP contribution in [-0.4, -0.2) is 49.6 Å². The van der Waals surface area contributed by atoms with Crippen molar-refractivity contribution in [3.05, 3.63) is 53.8 Å². The number of sulfonamides is 1. The van der Waals surface area contributed by atoms with E-state index < -0.39 is 27.9 Å². The lowest BCUT2D eigenvalue weighted by Gasteiger charge is -2.19. The Balaban J connectivity index is 0.00000480. The molecule has 2 aromatic rings. The van der Waals surface area contributed by atoms with Crippen LogP contribution in [0.1, 0.15) is 19.3 Å². The molecule has 0 aliphatic rings. The molecule has 12 heteroatoms. The molecule has 0 saturated carbocycles. The number of carboxylic acid groups (broad SMARTS) is 1. The third-order valence-electron chi connectivity index (χ3n) is 3.91. The minimum Gasteiger partial charge on any atom is -0.490 e. The fourth-order valence-electron chi connectivity index (χ4n) is 2.38. The molecule has 1 heterocycles.